The van der Waals surface area contributed by atoms with E-state index in [-0.39, 0.29) is 11.9 Å². The van der Waals surface area contributed by atoms with E-state index < -0.39 is 5.97 Å². The summed E-state index contributed by atoms with van der Waals surface area (Å²) >= 11 is 0. The van der Waals surface area contributed by atoms with Crippen molar-refractivity contribution in [3.63, 3.8) is 0 Å². The summed E-state index contributed by atoms with van der Waals surface area (Å²) in [6.07, 6.45) is 5.30. The normalized spacial score (nSPS) is 19.2. The molecule has 0 amide bonds. The summed E-state index contributed by atoms with van der Waals surface area (Å²) < 4.78 is 15.8. The van der Waals surface area contributed by atoms with Crippen LogP contribution in [0.3, 0.4) is 0 Å². The second-order valence-corrected chi connectivity index (χ2v) is 5.93. The molecule has 0 aromatic carbocycles. The van der Waals surface area contributed by atoms with Crippen LogP contribution in [0, 0.1) is 0 Å². The lowest BCUT2D eigenvalue weighted by Crippen LogP contribution is -2.38. The van der Waals surface area contributed by atoms with Gasteiger partial charge < -0.3 is 13.9 Å². The Balaban J connectivity index is 1.88. The number of rotatable bonds is 5. The van der Waals surface area contributed by atoms with E-state index in [1.54, 1.807) is 24.7 Å². The van der Waals surface area contributed by atoms with Gasteiger partial charge in [-0.15, -0.1) is 0 Å². The quantitative estimate of drug-likeness (QED) is 0.778. The molecule has 0 radical (unpaired) electrons. The van der Waals surface area contributed by atoms with Crippen molar-refractivity contribution in [1.82, 2.24) is 14.9 Å². The van der Waals surface area contributed by atoms with E-state index in [1.165, 1.54) is 7.11 Å². The van der Waals surface area contributed by atoms with Crippen LogP contribution >= 0.6 is 0 Å². The standard InChI is InChI=1S/C17H21N3O4/c1-11(14-5-4-7-20(14)2)24-15-9-13(12-6-8-23-10-12)18-16(19-15)17(21)22-3/h6,8-11,14H,4-5,7H2,1-3H3/t11-,14-/m0/s1. The molecule has 2 atom stereocenters. The lowest BCUT2D eigenvalue weighted by atomic mass is 10.1. The molecule has 3 rings (SSSR count). The van der Waals surface area contributed by atoms with E-state index in [4.69, 9.17) is 13.9 Å². The number of methoxy groups -OCH3 is 1. The molecule has 128 valence electrons. The van der Waals surface area contributed by atoms with Gasteiger partial charge in [-0.25, -0.2) is 9.78 Å². The average Bonchev–Trinajstić information content (AvgIpc) is 3.25. The van der Waals surface area contributed by atoms with Gasteiger partial charge in [0.25, 0.3) is 0 Å². The van der Waals surface area contributed by atoms with Crippen LogP contribution in [0.4, 0.5) is 0 Å². The van der Waals surface area contributed by atoms with Crippen LogP contribution in [0.25, 0.3) is 11.3 Å². The molecule has 0 aliphatic carbocycles. The first-order valence-corrected chi connectivity index (χ1v) is 7.95. The molecule has 1 saturated heterocycles. The van der Waals surface area contributed by atoms with Crippen LogP contribution in [-0.2, 0) is 4.74 Å². The molecule has 7 nitrogen and oxygen atoms in total. The highest BCUT2D eigenvalue weighted by Crippen LogP contribution is 2.25. The van der Waals surface area contributed by atoms with Gasteiger partial charge in [0.1, 0.15) is 6.10 Å². The van der Waals surface area contributed by atoms with E-state index in [0.29, 0.717) is 17.6 Å². The van der Waals surface area contributed by atoms with Gasteiger partial charge >= 0.3 is 5.97 Å². The molecule has 24 heavy (non-hydrogen) atoms. The molecule has 0 unspecified atom stereocenters. The molecule has 1 fully saturated rings. The van der Waals surface area contributed by atoms with Crippen LogP contribution in [0.1, 0.15) is 30.4 Å². The number of likely N-dealkylation sites (tertiary alicyclic amines) is 1. The predicted molar refractivity (Wildman–Crippen MR) is 86.8 cm³/mol. The van der Waals surface area contributed by atoms with Gasteiger partial charge in [0, 0.05) is 17.7 Å². The third kappa shape index (κ3) is 3.41. The molecule has 1 aliphatic heterocycles. The molecule has 0 bridgehead atoms. The lowest BCUT2D eigenvalue weighted by Gasteiger charge is -2.26. The number of aromatic nitrogens is 2. The molecular weight excluding hydrogens is 310 g/mol. The highest BCUT2D eigenvalue weighted by Gasteiger charge is 2.28. The third-order valence-corrected chi connectivity index (χ3v) is 4.31. The maximum absolute atomic E-state index is 11.8. The number of ether oxygens (including phenoxy) is 2. The minimum absolute atomic E-state index is 0.0295. The summed E-state index contributed by atoms with van der Waals surface area (Å²) in [5.74, 6) is -0.275. The van der Waals surface area contributed by atoms with E-state index in [1.807, 2.05) is 6.92 Å². The molecule has 2 aromatic rings. The summed E-state index contributed by atoms with van der Waals surface area (Å²) in [4.78, 5) is 22.6. The fourth-order valence-corrected chi connectivity index (χ4v) is 3.02. The topological polar surface area (TPSA) is 77.7 Å². The summed E-state index contributed by atoms with van der Waals surface area (Å²) in [6, 6.07) is 3.81. The second kappa shape index (κ2) is 7.00. The first-order valence-electron chi connectivity index (χ1n) is 7.95. The van der Waals surface area contributed by atoms with E-state index >= 15 is 0 Å². The molecule has 2 aromatic heterocycles. The van der Waals surface area contributed by atoms with Crippen LogP contribution in [0.5, 0.6) is 5.88 Å². The Hall–Kier alpha value is -2.41. The Morgan fingerprint density at radius 3 is 2.92 bits per heavy atom. The summed E-state index contributed by atoms with van der Waals surface area (Å²) in [7, 11) is 3.39. The number of furan rings is 1. The SMILES string of the molecule is COC(=O)c1nc(O[C@@H](C)[C@@H]2CCCN2C)cc(-c2ccoc2)n1. The molecular formula is C17H21N3O4. The zero-order valence-electron chi connectivity index (χ0n) is 14.1. The first kappa shape index (κ1) is 16.4. The van der Waals surface area contributed by atoms with Gasteiger partial charge in [0.05, 0.1) is 25.3 Å². The monoisotopic (exact) mass is 331 g/mol. The van der Waals surface area contributed by atoms with Gasteiger partial charge in [0.2, 0.25) is 11.7 Å². The number of hydrogen-bond acceptors (Lipinski definition) is 7. The number of esters is 1. The smallest absolute Gasteiger partial charge is 0.376 e. The minimum Gasteiger partial charge on any atom is -0.473 e. The minimum atomic E-state index is -0.601. The van der Waals surface area contributed by atoms with Gasteiger partial charge in [-0.1, -0.05) is 0 Å². The van der Waals surface area contributed by atoms with Crippen molar-refractivity contribution in [2.24, 2.45) is 0 Å². The maximum Gasteiger partial charge on any atom is 0.376 e. The predicted octanol–water partition coefficient (Wildman–Crippen LogP) is 2.38. The molecule has 3 heterocycles. The zero-order chi connectivity index (χ0) is 17.1. The summed E-state index contributed by atoms with van der Waals surface area (Å²) in [5.41, 5.74) is 1.30. The lowest BCUT2D eigenvalue weighted by molar-refractivity contribution is 0.0582. The van der Waals surface area contributed by atoms with E-state index in [0.717, 1.165) is 24.9 Å². The number of nitrogens with zero attached hydrogens (tertiary/aromatic N) is 3. The third-order valence-electron chi connectivity index (χ3n) is 4.31. The number of carbonyl (C=O) groups is 1. The van der Waals surface area contributed by atoms with Crippen molar-refractivity contribution in [3.8, 4) is 17.1 Å². The molecule has 0 saturated carbocycles. The van der Waals surface area contributed by atoms with Gasteiger partial charge in [-0.05, 0) is 39.4 Å². The molecule has 1 aliphatic rings. The number of likely N-dealkylation sites (N-methyl/N-ethyl adjacent to an activating group) is 1. The highest BCUT2D eigenvalue weighted by atomic mass is 16.5. The van der Waals surface area contributed by atoms with Crippen LogP contribution in [0.15, 0.2) is 29.1 Å². The zero-order valence-corrected chi connectivity index (χ0v) is 14.1. The van der Waals surface area contributed by atoms with Gasteiger partial charge in [-0.3, -0.25) is 4.90 Å². The fraction of sp³-hybridized carbons (Fsp3) is 0.471. The van der Waals surface area contributed by atoms with E-state index in [2.05, 4.69) is 21.9 Å². The van der Waals surface area contributed by atoms with Gasteiger partial charge in [-0.2, -0.15) is 4.98 Å². The summed E-state index contributed by atoms with van der Waals surface area (Å²) in [5, 5.41) is 0. The molecule has 0 N–H and O–H groups in total. The Morgan fingerprint density at radius 1 is 1.46 bits per heavy atom. The van der Waals surface area contributed by atoms with E-state index in [9.17, 15) is 4.79 Å². The number of carbonyl (C=O) groups excluding carboxylic acids is 1. The Labute approximate surface area is 140 Å². The summed E-state index contributed by atoms with van der Waals surface area (Å²) in [6.45, 7) is 3.08. The van der Waals surface area contributed by atoms with Crippen molar-refractivity contribution in [1.29, 1.82) is 0 Å². The maximum atomic E-state index is 11.8. The fourth-order valence-electron chi connectivity index (χ4n) is 3.02. The van der Waals surface area contributed by atoms with Crippen LogP contribution < -0.4 is 4.74 Å². The van der Waals surface area contributed by atoms with Gasteiger partial charge in [0.15, 0.2) is 0 Å². The number of hydrogen-bond donors (Lipinski definition) is 0. The van der Waals surface area contributed by atoms with Crippen molar-refractivity contribution in [3.05, 3.63) is 30.5 Å². The second-order valence-electron chi connectivity index (χ2n) is 5.93. The van der Waals surface area contributed by atoms with Crippen molar-refractivity contribution >= 4 is 5.97 Å². The van der Waals surface area contributed by atoms with Crippen LogP contribution in [-0.4, -0.2) is 53.7 Å². The Morgan fingerprint density at radius 2 is 2.29 bits per heavy atom. The Bertz CT molecular complexity index is 702. The van der Waals surface area contributed by atoms with Crippen molar-refractivity contribution in [2.75, 3.05) is 20.7 Å². The van der Waals surface area contributed by atoms with Crippen LogP contribution in [0.2, 0.25) is 0 Å². The largest absolute Gasteiger partial charge is 0.473 e. The molecule has 0 spiro atoms. The van der Waals surface area contributed by atoms with Crippen molar-refractivity contribution in [2.45, 2.75) is 31.9 Å². The highest BCUT2D eigenvalue weighted by molar-refractivity contribution is 5.86. The molecule has 7 heteroatoms. The average molecular weight is 331 g/mol. The van der Waals surface area contributed by atoms with Crippen molar-refractivity contribution < 1.29 is 18.7 Å². The Kier molecular flexibility index (Phi) is 4.80. The first-order chi connectivity index (χ1) is 11.6.